The molecule has 0 unspecified atom stereocenters. The number of benzene rings is 1. The first-order chi connectivity index (χ1) is 15.1. The average Bonchev–Trinajstić information content (AvgIpc) is 3.31. The fourth-order valence-corrected chi connectivity index (χ4v) is 4.69. The third kappa shape index (κ3) is 5.64. The van der Waals surface area contributed by atoms with Gasteiger partial charge in [0.2, 0.25) is 11.8 Å². The van der Waals surface area contributed by atoms with E-state index in [0.717, 1.165) is 64.2 Å². The maximum Gasteiger partial charge on any atom is 0.266 e. The van der Waals surface area contributed by atoms with Gasteiger partial charge in [-0.2, -0.15) is 4.98 Å². The molecule has 4 rings (SSSR count). The molecule has 2 aliphatic rings. The molecule has 0 spiro atoms. The number of nitrogens with one attached hydrogen (secondary N) is 1. The van der Waals surface area contributed by atoms with E-state index in [9.17, 15) is 4.79 Å². The van der Waals surface area contributed by atoms with Gasteiger partial charge in [0.1, 0.15) is 0 Å². The van der Waals surface area contributed by atoms with Gasteiger partial charge in [0.15, 0.2) is 0 Å². The second-order valence-electron chi connectivity index (χ2n) is 9.17. The van der Waals surface area contributed by atoms with E-state index in [4.69, 9.17) is 4.52 Å². The van der Waals surface area contributed by atoms with E-state index in [0.29, 0.717) is 18.5 Å². The molecular weight excluding hydrogens is 390 g/mol. The minimum absolute atomic E-state index is 0.105. The summed E-state index contributed by atoms with van der Waals surface area (Å²) in [6.45, 7) is 8.68. The molecule has 0 saturated carbocycles. The van der Waals surface area contributed by atoms with E-state index in [1.165, 1.54) is 5.56 Å². The van der Waals surface area contributed by atoms with Gasteiger partial charge in [0.05, 0.1) is 5.92 Å². The Kier molecular flexibility index (Phi) is 7.22. The van der Waals surface area contributed by atoms with Crippen molar-refractivity contribution in [2.24, 2.45) is 5.92 Å². The Morgan fingerprint density at radius 3 is 2.65 bits per heavy atom. The third-order valence-corrected chi connectivity index (χ3v) is 6.57. The first kappa shape index (κ1) is 21.8. The van der Waals surface area contributed by atoms with E-state index in [1.54, 1.807) is 0 Å². The van der Waals surface area contributed by atoms with Crippen LogP contribution in [0, 0.1) is 5.92 Å². The monoisotopic (exact) mass is 425 g/mol. The molecule has 7 nitrogen and oxygen atoms in total. The minimum Gasteiger partial charge on any atom is -0.355 e. The molecule has 0 radical (unpaired) electrons. The number of hydrogen-bond acceptors (Lipinski definition) is 6. The lowest BCUT2D eigenvalue weighted by Crippen LogP contribution is -2.51. The SMILES string of the molecule is CC(C)c1nc(N2CCC(N3CCC[C@@H](C(=O)NCCc4ccccc4)C3)CC2)no1. The van der Waals surface area contributed by atoms with Crippen LogP contribution in [-0.2, 0) is 11.2 Å². The second-order valence-corrected chi connectivity index (χ2v) is 9.17. The molecule has 2 fully saturated rings. The Labute approximate surface area is 185 Å². The van der Waals surface area contributed by atoms with Crippen LogP contribution >= 0.6 is 0 Å². The van der Waals surface area contributed by atoms with Crippen LogP contribution in [0.3, 0.4) is 0 Å². The molecule has 7 heteroatoms. The molecule has 1 aromatic heterocycles. The van der Waals surface area contributed by atoms with Gasteiger partial charge < -0.3 is 14.7 Å². The van der Waals surface area contributed by atoms with Gasteiger partial charge in [-0.15, -0.1) is 0 Å². The predicted molar refractivity (Wildman–Crippen MR) is 121 cm³/mol. The van der Waals surface area contributed by atoms with Crippen molar-refractivity contribution in [2.45, 2.75) is 57.9 Å². The van der Waals surface area contributed by atoms with Crippen molar-refractivity contribution < 1.29 is 9.32 Å². The summed E-state index contributed by atoms with van der Waals surface area (Å²) in [6, 6.07) is 10.9. The van der Waals surface area contributed by atoms with Gasteiger partial charge in [0, 0.05) is 38.1 Å². The summed E-state index contributed by atoms with van der Waals surface area (Å²) in [4.78, 5) is 22.0. The van der Waals surface area contributed by atoms with Crippen molar-refractivity contribution >= 4 is 11.9 Å². The molecular formula is C24H35N5O2. The van der Waals surface area contributed by atoms with E-state index in [1.807, 2.05) is 18.2 Å². The zero-order valence-electron chi connectivity index (χ0n) is 18.8. The molecule has 168 valence electrons. The van der Waals surface area contributed by atoms with Crippen molar-refractivity contribution in [1.29, 1.82) is 0 Å². The summed E-state index contributed by atoms with van der Waals surface area (Å²) in [5.74, 6) is 1.99. The van der Waals surface area contributed by atoms with Crippen LogP contribution in [0.15, 0.2) is 34.9 Å². The Morgan fingerprint density at radius 2 is 1.94 bits per heavy atom. The number of carbonyl (C=O) groups is 1. The van der Waals surface area contributed by atoms with Crippen LogP contribution < -0.4 is 10.2 Å². The number of amides is 1. The van der Waals surface area contributed by atoms with Gasteiger partial charge in [-0.25, -0.2) is 0 Å². The molecule has 1 aromatic carbocycles. The molecule has 2 saturated heterocycles. The van der Waals surface area contributed by atoms with Crippen LogP contribution in [0.25, 0.3) is 0 Å². The van der Waals surface area contributed by atoms with Crippen LogP contribution in [0.1, 0.15) is 56.9 Å². The van der Waals surface area contributed by atoms with E-state index < -0.39 is 0 Å². The largest absolute Gasteiger partial charge is 0.355 e. The lowest BCUT2D eigenvalue weighted by molar-refractivity contribution is -0.127. The van der Waals surface area contributed by atoms with Gasteiger partial charge >= 0.3 is 0 Å². The molecule has 1 amide bonds. The molecule has 2 aromatic rings. The summed E-state index contributed by atoms with van der Waals surface area (Å²) in [7, 11) is 0. The number of aromatic nitrogens is 2. The van der Waals surface area contributed by atoms with Gasteiger partial charge in [-0.05, 0) is 49.4 Å². The zero-order valence-corrected chi connectivity index (χ0v) is 18.8. The van der Waals surface area contributed by atoms with Crippen molar-refractivity contribution in [2.75, 3.05) is 37.6 Å². The number of likely N-dealkylation sites (tertiary alicyclic amines) is 1. The lowest BCUT2D eigenvalue weighted by atomic mass is 9.93. The summed E-state index contributed by atoms with van der Waals surface area (Å²) in [5, 5.41) is 7.32. The van der Waals surface area contributed by atoms with Crippen molar-refractivity contribution in [3.8, 4) is 0 Å². The molecule has 0 aliphatic carbocycles. The number of anilines is 1. The topological polar surface area (TPSA) is 74.5 Å². The maximum atomic E-state index is 12.7. The van der Waals surface area contributed by atoms with Gasteiger partial charge in [-0.3, -0.25) is 9.69 Å². The second kappa shape index (κ2) is 10.3. The standard InChI is InChI=1S/C24H35N5O2/c1-18(2)23-26-24(27-31-23)28-15-11-21(12-16-28)29-14-6-9-20(17-29)22(30)25-13-10-19-7-4-3-5-8-19/h3-5,7-8,18,20-21H,6,9-17H2,1-2H3,(H,25,30)/t20-/m1/s1. The maximum absolute atomic E-state index is 12.7. The minimum atomic E-state index is 0.105. The lowest BCUT2D eigenvalue weighted by Gasteiger charge is -2.41. The van der Waals surface area contributed by atoms with Gasteiger partial charge in [0.25, 0.3) is 5.95 Å². The predicted octanol–water partition coefficient (Wildman–Crippen LogP) is 3.23. The Hall–Kier alpha value is -2.41. The van der Waals surface area contributed by atoms with Crippen LogP contribution in [-0.4, -0.2) is 59.7 Å². The number of piperidine rings is 2. The van der Waals surface area contributed by atoms with E-state index in [-0.39, 0.29) is 17.7 Å². The first-order valence-corrected chi connectivity index (χ1v) is 11.7. The fourth-order valence-electron chi connectivity index (χ4n) is 4.69. The van der Waals surface area contributed by atoms with Crippen molar-refractivity contribution in [3.63, 3.8) is 0 Å². The number of hydrogen-bond donors (Lipinski definition) is 1. The summed E-state index contributed by atoms with van der Waals surface area (Å²) in [6.07, 6.45) is 5.13. The highest BCUT2D eigenvalue weighted by atomic mass is 16.5. The quantitative estimate of drug-likeness (QED) is 0.734. The van der Waals surface area contributed by atoms with E-state index in [2.05, 4.69) is 51.2 Å². The summed E-state index contributed by atoms with van der Waals surface area (Å²) >= 11 is 0. The summed E-state index contributed by atoms with van der Waals surface area (Å²) in [5.41, 5.74) is 1.27. The third-order valence-electron chi connectivity index (χ3n) is 6.57. The number of nitrogens with zero attached hydrogens (tertiary/aromatic N) is 4. The smallest absolute Gasteiger partial charge is 0.266 e. The zero-order chi connectivity index (χ0) is 21.6. The Bertz CT molecular complexity index is 830. The molecule has 31 heavy (non-hydrogen) atoms. The van der Waals surface area contributed by atoms with Crippen molar-refractivity contribution in [1.82, 2.24) is 20.4 Å². The highest BCUT2D eigenvalue weighted by Crippen LogP contribution is 2.26. The van der Waals surface area contributed by atoms with Crippen LogP contribution in [0.5, 0.6) is 0 Å². The normalized spacial score (nSPS) is 20.9. The number of rotatable bonds is 7. The number of carbonyl (C=O) groups excluding carboxylic acids is 1. The summed E-state index contributed by atoms with van der Waals surface area (Å²) < 4.78 is 5.37. The molecule has 3 heterocycles. The molecule has 2 aliphatic heterocycles. The van der Waals surface area contributed by atoms with E-state index >= 15 is 0 Å². The molecule has 1 atom stereocenters. The van der Waals surface area contributed by atoms with Crippen LogP contribution in [0.4, 0.5) is 5.95 Å². The van der Waals surface area contributed by atoms with Crippen LogP contribution in [0.2, 0.25) is 0 Å². The first-order valence-electron chi connectivity index (χ1n) is 11.7. The molecule has 1 N–H and O–H groups in total. The Morgan fingerprint density at radius 1 is 1.16 bits per heavy atom. The average molecular weight is 426 g/mol. The van der Waals surface area contributed by atoms with Crippen molar-refractivity contribution in [3.05, 3.63) is 41.8 Å². The highest BCUT2D eigenvalue weighted by Gasteiger charge is 2.32. The molecule has 0 bridgehead atoms. The Balaban J connectivity index is 1.22. The highest BCUT2D eigenvalue weighted by molar-refractivity contribution is 5.79. The van der Waals surface area contributed by atoms with Gasteiger partial charge in [-0.1, -0.05) is 44.2 Å². The fraction of sp³-hybridized carbons (Fsp3) is 0.625.